The van der Waals surface area contributed by atoms with Crippen molar-refractivity contribution in [3.8, 4) is 0 Å². The summed E-state index contributed by atoms with van der Waals surface area (Å²) in [5, 5.41) is 31.8. The molecular weight excluding hydrogens is 759 g/mol. The number of hydrogen-bond donors (Lipinski definition) is 3. The molecule has 6 saturated carbocycles. The predicted molar refractivity (Wildman–Crippen MR) is 216 cm³/mol. The second kappa shape index (κ2) is 15.8. The Morgan fingerprint density at radius 1 is 0.915 bits per heavy atom. The number of carbonyl (C=O) groups is 5. The Morgan fingerprint density at radius 3 is 2.34 bits per heavy atom. The van der Waals surface area contributed by atoms with Gasteiger partial charge in [0.1, 0.15) is 19.4 Å². The van der Waals surface area contributed by atoms with Crippen molar-refractivity contribution >= 4 is 29.1 Å². The fraction of sp³-hybridized carbons (Fsp3) is 0.771. The monoisotopic (exact) mass is 824 g/mol. The number of fused-ring (bicyclic) bond motifs is 10. The first kappa shape index (κ1) is 44.2. The lowest BCUT2D eigenvalue weighted by Crippen LogP contribution is -2.68. The maximum absolute atomic E-state index is 17.1. The number of hydrogen-bond acceptors (Lipinski definition) is 9. The van der Waals surface area contributed by atoms with Crippen LogP contribution in [0.15, 0.2) is 35.5 Å². The van der Waals surface area contributed by atoms with Gasteiger partial charge in [-0.2, -0.15) is 0 Å². The Morgan fingerprint density at radius 2 is 1.64 bits per heavy atom. The number of rotatable bonds is 8. The van der Waals surface area contributed by atoms with Crippen LogP contribution in [-0.4, -0.2) is 81.7 Å². The van der Waals surface area contributed by atoms with Crippen molar-refractivity contribution in [2.45, 2.75) is 149 Å². The summed E-state index contributed by atoms with van der Waals surface area (Å²) in [7, 11) is 0. The third-order valence-corrected chi connectivity index (χ3v) is 17.9. The van der Waals surface area contributed by atoms with Gasteiger partial charge in [-0.15, -0.1) is 0 Å². The molecule has 0 spiro atoms. The highest BCUT2D eigenvalue weighted by molar-refractivity contribution is 6.01. The molecule has 11 heteroatoms. The molecule has 0 aromatic carbocycles. The van der Waals surface area contributed by atoms with E-state index in [1.807, 2.05) is 26.8 Å². The Labute approximate surface area is 347 Å². The standard InChI is InChI=1S/C27H36F2O5.C21H30O4/c1-5-6-7-23(33)34-14-21(31)24-15(2)10-17-18-12-20(28)19-11-16(30)8-9-26(19,4)27(18,29)22(32)13-25(17,24)3;1-20-8-7-13(23)9-12(20)3-4-14-15-5-6-16(18(25)11-22)21(15,2)10-17(24)19(14)20/h8-9,11,15,17-18,20,22,24,32H,5-7,10,12-14H2,1-4H3;9,14-17,19,22,24H,3-8,10-11H2,1-2H3/t15-,17+,18+,20+,22+,24-,25+,26+,27+;14-,15-,16+,17-,19+,20-,21-/m10/s1. The van der Waals surface area contributed by atoms with Crippen molar-refractivity contribution in [1.29, 1.82) is 0 Å². The quantitative estimate of drug-likeness (QED) is 0.217. The maximum atomic E-state index is 17.1. The molecule has 0 radical (unpaired) electrons. The van der Waals surface area contributed by atoms with Crippen molar-refractivity contribution in [1.82, 2.24) is 0 Å². The highest BCUT2D eigenvalue weighted by atomic mass is 19.1. The van der Waals surface area contributed by atoms with Gasteiger partial charge in [0.25, 0.3) is 0 Å². The van der Waals surface area contributed by atoms with Crippen molar-refractivity contribution in [2.24, 2.45) is 69.0 Å². The van der Waals surface area contributed by atoms with Crippen LogP contribution in [0.2, 0.25) is 0 Å². The van der Waals surface area contributed by atoms with Crippen LogP contribution in [0, 0.1) is 69.0 Å². The molecule has 59 heavy (non-hydrogen) atoms. The van der Waals surface area contributed by atoms with Crippen molar-refractivity contribution in [2.75, 3.05) is 13.2 Å². The van der Waals surface area contributed by atoms with Crippen LogP contribution in [0.3, 0.4) is 0 Å². The SMILES string of the molecule is CCCCC(=O)OCC(=O)[C@H]1[C@H](C)C[C@H]2[C@@H]3C[C@H](F)C4=CC(=O)C=C[C@]4(C)[C@@]3(F)[C@@H](O)C[C@@]21C.C[C@]12C[C@H](O)[C@H]3[C@@H](CCC4=CC(=O)CC[C@@]43C)[C@@H]1CC[C@@H]2C(=O)CO. The number of allylic oxidation sites excluding steroid dienone is 5. The number of ether oxygens (including phenoxy) is 1. The first-order valence-electron chi connectivity index (χ1n) is 22.4. The van der Waals surface area contributed by atoms with Crippen molar-refractivity contribution in [3.05, 3.63) is 35.5 Å². The number of alkyl halides is 2. The molecule has 0 aromatic rings. The van der Waals surface area contributed by atoms with E-state index in [1.165, 1.54) is 23.8 Å². The molecule has 8 aliphatic carbocycles. The molecule has 6 fully saturated rings. The molecule has 0 amide bonds. The van der Waals surface area contributed by atoms with Gasteiger partial charge in [0.05, 0.1) is 12.2 Å². The normalized spacial score (nSPS) is 46.8. The van der Waals surface area contributed by atoms with Gasteiger partial charge < -0.3 is 20.1 Å². The zero-order valence-corrected chi connectivity index (χ0v) is 35.8. The lowest BCUT2D eigenvalue weighted by Gasteiger charge is -2.62. The number of unbranched alkanes of at least 4 members (excludes halogenated alkanes) is 1. The second-order valence-corrected chi connectivity index (χ2v) is 20.8. The lowest BCUT2D eigenvalue weighted by atomic mass is 9.45. The fourth-order valence-electron chi connectivity index (χ4n) is 15.2. The molecule has 0 aromatic heterocycles. The Balaban J connectivity index is 0.000000187. The average Bonchev–Trinajstić information content (AvgIpc) is 3.66. The molecule has 0 bridgehead atoms. The molecule has 8 rings (SSSR count). The Bertz CT molecular complexity index is 1840. The largest absolute Gasteiger partial charge is 0.458 e. The van der Waals surface area contributed by atoms with Crippen LogP contribution >= 0.6 is 0 Å². The molecule has 0 unspecified atom stereocenters. The van der Waals surface area contributed by atoms with Crippen molar-refractivity contribution in [3.63, 3.8) is 0 Å². The van der Waals surface area contributed by atoms with E-state index in [4.69, 9.17) is 4.74 Å². The molecule has 9 nitrogen and oxygen atoms in total. The van der Waals surface area contributed by atoms with Crippen LogP contribution < -0.4 is 0 Å². The number of aliphatic hydroxyl groups excluding tert-OH is 3. The van der Waals surface area contributed by atoms with Gasteiger partial charge >= 0.3 is 5.97 Å². The topological polar surface area (TPSA) is 155 Å². The van der Waals surface area contributed by atoms with E-state index in [1.54, 1.807) is 6.92 Å². The van der Waals surface area contributed by atoms with E-state index in [9.17, 15) is 39.3 Å². The molecule has 326 valence electrons. The Kier molecular flexibility index (Phi) is 11.8. The van der Waals surface area contributed by atoms with Gasteiger partial charge in [-0.25, -0.2) is 8.78 Å². The van der Waals surface area contributed by atoms with E-state index in [2.05, 4.69) is 13.8 Å². The van der Waals surface area contributed by atoms with Crippen molar-refractivity contribution < 1.29 is 52.8 Å². The number of halogens is 2. The molecule has 0 aliphatic heterocycles. The predicted octanol–water partition coefficient (Wildman–Crippen LogP) is 7.14. The summed E-state index contributed by atoms with van der Waals surface area (Å²) in [4.78, 5) is 61.3. The van der Waals surface area contributed by atoms with E-state index in [0.717, 1.165) is 38.5 Å². The second-order valence-electron chi connectivity index (χ2n) is 20.8. The van der Waals surface area contributed by atoms with Crippen LogP contribution in [0.1, 0.15) is 125 Å². The van der Waals surface area contributed by atoms with Gasteiger partial charge in [-0.3, -0.25) is 24.0 Å². The van der Waals surface area contributed by atoms with E-state index in [0.29, 0.717) is 37.5 Å². The van der Waals surface area contributed by atoms with Gasteiger partial charge in [0.2, 0.25) is 0 Å². The van der Waals surface area contributed by atoms with Gasteiger partial charge in [0, 0.05) is 36.0 Å². The van der Waals surface area contributed by atoms with E-state index < -0.39 is 52.7 Å². The highest BCUT2D eigenvalue weighted by Crippen LogP contribution is 2.70. The first-order valence-corrected chi connectivity index (χ1v) is 22.4. The fourth-order valence-corrected chi connectivity index (χ4v) is 15.2. The van der Waals surface area contributed by atoms with Gasteiger partial charge in [0.15, 0.2) is 28.8 Å². The number of aliphatic hydroxyl groups is 3. The molecule has 3 N–H and O–H groups in total. The minimum atomic E-state index is -2.15. The number of Topliss-reactive ketones (excluding diaryl/α,β-unsaturated/α-hetero) is 2. The summed E-state index contributed by atoms with van der Waals surface area (Å²) in [6.45, 7) is 11.1. The Hall–Kier alpha value is -2.89. The zero-order chi connectivity index (χ0) is 43.0. The third-order valence-electron chi connectivity index (χ3n) is 17.9. The van der Waals surface area contributed by atoms with Crippen LogP contribution in [-0.2, 0) is 28.7 Å². The molecule has 0 saturated heterocycles. The first-order chi connectivity index (χ1) is 27.7. The molecule has 16 atom stereocenters. The summed E-state index contributed by atoms with van der Waals surface area (Å²) in [6, 6.07) is 0. The van der Waals surface area contributed by atoms with Gasteiger partial charge in [-0.1, -0.05) is 52.7 Å². The zero-order valence-electron chi connectivity index (χ0n) is 35.8. The highest BCUT2D eigenvalue weighted by Gasteiger charge is 2.73. The minimum Gasteiger partial charge on any atom is -0.458 e. The number of esters is 1. The molecule has 0 heterocycles. The van der Waals surface area contributed by atoms with Crippen LogP contribution in [0.4, 0.5) is 8.78 Å². The minimum absolute atomic E-state index is 0.0524. The summed E-state index contributed by atoms with van der Waals surface area (Å²) in [6.07, 6.45) is 10.5. The summed E-state index contributed by atoms with van der Waals surface area (Å²) >= 11 is 0. The number of ketones is 4. The van der Waals surface area contributed by atoms with Crippen LogP contribution in [0.25, 0.3) is 0 Å². The third kappa shape index (κ3) is 6.81. The van der Waals surface area contributed by atoms with E-state index >= 15 is 8.78 Å². The maximum Gasteiger partial charge on any atom is 0.306 e. The summed E-state index contributed by atoms with van der Waals surface area (Å²) < 4.78 is 37.7. The summed E-state index contributed by atoms with van der Waals surface area (Å²) in [5.74, 6) is -1.63. The smallest absolute Gasteiger partial charge is 0.306 e. The average molecular weight is 825 g/mol. The summed E-state index contributed by atoms with van der Waals surface area (Å²) in [5.41, 5.74) is -3.24. The number of carbonyl (C=O) groups excluding carboxylic acids is 5. The lowest BCUT2D eigenvalue weighted by molar-refractivity contribution is -0.202. The molecular formula is C48H66F2O9. The van der Waals surface area contributed by atoms with E-state index in [-0.39, 0.29) is 95.7 Å². The van der Waals surface area contributed by atoms with Gasteiger partial charge in [-0.05, 0) is 141 Å². The molecule has 8 aliphatic rings. The van der Waals surface area contributed by atoms with Crippen LogP contribution in [0.5, 0.6) is 0 Å².